The number of furan rings is 1. The Balaban J connectivity index is 1.87. The highest BCUT2D eigenvalue weighted by molar-refractivity contribution is 6.02. The average molecular weight is 317 g/mol. The highest BCUT2D eigenvalue weighted by atomic mass is 19.1. The van der Waals surface area contributed by atoms with Gasteiger partial charge in [-0.2, -0.15) is 5.10 Å². The molecule has 0 unspecified atom stereocenters. The summed E-state index contributed by atoms with van der Waals surface area (Å²) in [5.41, 5.74) is 0.836. The summed E-state index contributed by atoms with van der Waals surface area (Å²) in [6, 6.07) is 6.33. The molecule has 0 fully saturated rings. The van der Waals surface area contributed by atoms with Crippen LogP contribution in [0.3, 0.4) is 0 Å². The molecule has 0 saturated heterocycles. The van der Waals surface area contributed by atoms with Crippen LogP contribution >= 0.6 is 0 Å². The molecule has 23 heavy (non-hydrogen) atoms. The van der Waals surface area contributed by atoms with Gasteiger partial charge in [0.2, 0.25) is 0 Å². The Labute approximate surface area is 130 Å². The Morgan fingerprint density at radius 3 is 2.91 bits per heavy atom. The zero-order valence-electron chi connectivity index (χ0n) is 12.2. The fraction of sp³-hybridized carbons (Fsp3) is 0.125. The Morgan fingerprint density at radius 1 is 1.35 bits per heavy atom. The zero-order chi connectivity index (χ0) is 16.4. The fourth-order valence-electron chi connectivity index (χ4n) is 2.16. The quantitative estimate of drug-likeness (QED) is 0.802. The number of aromatic nitrogens is 2. The number of nitrogens with zero attached hydrogens (tertiary/aromatic N) is 2. The summed E-state index contributed by atoms with van der Waals surface area (Å²) < 4.78 is 33.5. The van der Waals surface area contributed by atoms with Crippen LogP contribution < -0.4 is 5.32 Å². The van der Waals surface area contributed by atoms with Crippen molar-refractivity contribution in [3.05, 3.63) is 71.3 Å². The molecule has 7 heteroatoms. The van der Waals surface area contributed by atoms with Gasteiger partial charge < -0.3 is 9.73 Å². The number of aryl methyl sites for hydroxylation is 1. The van der Waals surface area contributed by atoms with Crippen molar-refractivity contribution in [3.8, 4) is 0 Å². The van der Waals surface area contributed by atoms with E-state index in [0.29, 0.717) is 11.4 Å². The van der Waals surface area contributed by atoms with Gasteiger partial charge in [-0.1, -0.05) is 0 Å². The predicted octanol–water partition coefficient (Wildman–Crippen LogP) is 3.36. The number of halogens is 2. The van der Waals surface area contributed by atoms with E-state index in [-0.39, 0.29) is 17.9 Å². The molecular weight excluding hydrogens is 304 g/mol. The Morgan fingerprint density at radius 2 is 2.17 bits per heavy atom. The third-order valence-corrected chi connectivity index (χ3v) is 3.33. The highest BCUT2D eigenvalue weighted by Gasteiger charge is 2.16. The van der Waals surface area contributed by atoms with Gasteiger partial charge in [-0.15, -0.1) is 0 Å². The maximum atomic E-state index is 13.8. The third kappa shape index (κ3) is 3.13. The largest absolute Gasteiger partial charge is 0.459 e. The number of carbonyl (C=O) groups excluding carboxylic acids is 1. The normalized spacial score (nSPS) is 10.7. The van der Waals surface area contributed by atoms with Crippen LogP contribution in [0.4, 0.5) is 14.6 Å². The number of hydrogen-bond donors (Lipinski definition) is 1. The second kappa shape index (κ2) is 6.04. The van der Waals surface area contributed by atoms with E-state index in [1.807, 2.05) is 0 Å². The molecule has 0 spiro atoms. The van der Waals surface area contributed by atoms with Gasteiger partial charge >= 0.3 is 0 Å². The Hall–Kier alpha value is -2.96. The average Bonchev–Trinajstić information content (AvgIpc) is 3.16. The summed E-state index contributed by atoms with van der Waals surface area (Å²) in [7, 11) is 0. The minimum Gasteiger partial charge on any atom is -0.459 e. The highest BCUT2D eigenvalue weighted by Crippen LogP contribution is 2.19. The zero-order valence-corrected chi connectivity index (χ0v) is 12.2. The van der Waals surface area contributed by atoms with E-state index in [9.17, 15) is 13.6 Å². The number of benzene rings is 1. The van der Waals surface area contributed by atoms with Crippen LogP contribution in [-0.4, -0.2) is 15.7 Å². The number of anilines is 1. The van der Waals surface area contributed by atoms with Crippen LogP contribution in [0.1, 0.15) is 21.7 Å². The lowest BCUT2D eigenvalue weighted by Crippen LogP contribution is -2.16. The van der Waals surface area contributed by atoms with Gasteiger partial charge in [-0.3, -0.25) is 4.79 Å². The van der Waals surface area contributed by atoms with Crippen molar-refractivity contribution in [3.63, 3.8) is 0 Å². The molecule has 0 saturated carbocycles. The minimum absolute atomic E-state index is 0.00873. The van der Waals surface area contributed by atoms with Crippen LogP contribution in [0.25, 0.3) is 0 Å². The summed E-state index contributed by atoms with van der Waals surface area (Å²) in [5, 5.41) is 6.77. The molecule has 0 radical (unpaired) electrons. The van der Waals surface area contributed by atoms with Crippen molar-refractivity contribution in [2.75, 3.05) is 5.32 Å². The molecule has 3 aromatic rings. The standard InChI is InChI=1S/C16H13F2N3O2/c1-10-8-19-21(9-11-7-12(17)4-5-13(11)18)15(10)20-16(22)14-3-2-6-23-14/h2-8H,9H2,1H3,(H,20,22). The summed E-state index contributed by atoms with van der Waals surface area (Å²) in [4.78, 5) is 12.1. The van der Waals surface area contributed by atoms with Gasteiger partial charge in [-0.05, 0) is 37.3 Å². The second-order valence-corrected chi connectivity index (χ2v) is 5.00. The number of amides is 1. The van der Waals surface area contributed by atoms with Gasteiger partial charge in [-0.25, -0.2) is 13.5 Å². The molecule has 1 N–H and O–H groups in total. The molecule has 2 heterocycles. The molecular formula is C16H13F2N3O2. The first-order valence-corrected chi connectivity index (χ1v) is 6.86. The lowest BCUT2D eigenvalue weighted by atomic mass is 10.2. The summed E-state index contributed by atoms with van der Waals surface area (Å²) in [6.45, 7) is 1.74. The molecule has 1 amide bonds. The van der Waals surface area contributed by atoms with Crippen LogP contribution in [0.15, 0.2) is 47.2 Å². The Bertz CT molecular complexity index is 841. The topological polar surface area (TPSA) is 60.1 Å². The second-order valence-electron chi connectivity index (χ2n) is 5.00. The molecule has 0 aliphatic rings. The van der Waals surface area contributed by atoms with Gasteiger partial charge in [0.05, 0.1) is 19.0 Å². The first kappa shape index (κ1) is 15.0. The molecule has 0 atom stereocenters. The SMILES string of the molecule is Cc1cnn(Cc2cc(F)ccc2F)c1NC(=O)c1ccco1. The molecule has 0 bridgehead atoms. The molecule has 0 aliphatic carbocycles. The maximum Gasteiger partial charge on any atom is 0.292 e. The van der Waals surface area contributed by atoms with Crippen molar-refractivity contribution >= 4 is 11.7 Å². The molecule has 0 aliphatic heterocycles. The summed E-state index contributed by atoms with van der Waals surface area (Å²) in [5.74, 6) is -0.974. The predicted molar refractivity (Wildman–Crippen MR) is 79.1 cm³/mol. The van der Waals surface area contributed by atoms with Crippen LogP contribution in [-0.2, 0) is 6.54 Å². The van der Waals surface area contributed by atoms with E-state index in [1.165, 1.54) is 23.2 Å². The monoisotopic (exact) mass is 317 g/mol. The Kier molecular flexibility index (Phi) is 3.92. The number of nitrogens with one attached hydrogen (secondary N) is 1. The van der Waals surface area contributed by atoms with Crippen molar-refractivity contribution in [2.45, 2.75) is 13.5 Å². The fourth-order valence-corrected chi connectivity index (χ4v) is 2.16. The van der Waals surface area contributed by atoms with E-state index >= 15 is 0 Å². The van der Waals surface area contributed by atoms with Crippen LogP contribution in [0, 0.1) is 18.6 Å². The smallest absolute Gasteiger partial charge is 0.292 e. The third-order valence-electron chi connectivity index (χ3n) is 3.33. The number of hydrogen-bond acceptors (Lipinski definition) is 3. The van der Waals surface area contributed by atoms with Gasteiger partial charge in [0, 0.05) is 11.1 Å². The number of carbonyl (C=O) groups is 1. The van der Waals surface area contributed by atoms with E-state index in [4.69, 9.17) is 4.42 Å². The molecule has 118 valence electrons. The van der Waals surface area contributed by atoms with Crippen molar-refractivity contribution in [1.29, 1.82) is 0 Å². The van der Waals surface area contributed by atoms with Crippen molar-refractivity contribution in [1.82, 2.24) is 9.78 Å². The van der Waals surface area contributed by atoms with Gasteiger partial charge in [0.15, 0.2) is 5.76 Å². The van der Waals surface area contributed by atoms with Crippen LogP contribution in [0.5, 0.6) is 0 Å². The molecule has 3 rings (SSSR count). The minimum atomic E-state index is -0.539. The molecule has 2 aromatic heterocycles. The summed E-state index contributed by atoms with van der Waals surface area (Å²) in [6.07, 6.45) is 2.93. The van der Waals surface area contributed by atoms with E-state index in [1.54, 1.807) is 13.0 Å². The first-order valence-electron chi connectivity index (χ1n) is 6.86. The van der Waals surface area contributed by atoms with Gasteiger partial charge in [0.1, 0.15) is 17.5 Å². The van der Waals surface area contributed by atoms with E-state index < -0.39 is 17.5 Å². The van der Waals surface area contributed by atoms with Crippen LogP contribution in [0.2, 0.25) is 0 Å². The summed E-state index contributed by atoms with van der Waals surface area (Å²) >= 11 is 0. The maximum absolute atomic E-state index is 13.8. The molecule has 1 aromatic carbocycles. The lowest BCUT2D eigenvalue weighted by Gasteiger charge is -2.10. The lowest BCUT2D eigenvalue weighted by molar-refractivity contribution is 0.0995. The number of rotatable bonds is 4. The van der Waals surface area contributed by atoms with Crippen molar-refractivity contribution in [2.24, 2.45) is 0 Å². The molecule has 5 nitrogen and oxygen atoms in total. The first-order chi connectivity index (χ1) is 11.0. The van der Waals surface area contributed by atoms with E-state index in [0.717, 1.165) is 18.2 Å². The van der Waals surface area contributed by atoms with Crippen molar-refractivity contribution < 1.29 is 18.0 Å². The van der Waals surface area contributed by atoms with E-state index in [2.05, 4.69) is 10.4 Å². The van der Waals surface area contributed by atoms with Gasteiger partial charge in [0.25, 0.3) is 5.91 Å².